The zero-order chi connectivity index (χ0) is 25.4. The van der Waals surface area contributed by atoms with Gasteiger partial charge in [0.1, 0.15) is 17.4 Å². The highest BCUT2D eigenvalue weighted by atomic mass is 32.2. The van der Waals surface area contributed by atoms with E-state index >= 15 is 0 Å². The van der Waals surface area contributed by atoms with Crippen LogP contribution in [-0.4, -0.2) is 30.0 Å². The van der Waals surface area contributed by atoms with Crippen LogP contribution in [0, 0.1) is 25.2 Å². The van der Waals surface area contributed by atoms with E-state index in [0.717, 1.165) is 27.8 Å². The summed E-state index contributed by atoms with van der Waals surface area (Å²) in [5, 5.41) is 21.8. The first-order chi connectivity index (χ1) is 17.4. The van der Waals surface area contributed by atoms with Gasteiger partial charge in [-0.3, -0.25) is 9.36 Å². The second-order valence-corrected chi connectivity index (χ2v) is 9.42. The predicted molar refractivity (Wildman–Crippen MR) is 143 cm³/mol. The summed E-state index contributed by atoms with van der Waals surface area (Å²) in [5.41, 5.74) is 4.84. The number of hydrogen-bond donors (Lipinski definition) is 1. The molecule has 0 aliphatic rings. The van der Waals surface area contributed by atoms with Crippen LogP contribution in [0.4, 0.5) is 0 Å². The number of rotatable bonds is 5. The van der Waals surface area contributed by atoms with Crippen LogP contribution in [0.1, 0.15) is 17.0 Å². The third kappa shape index (κ3) is 3.93. The molecule has 0 fully saturated rings. The van der Waals surface area contributed by atoms with E-state index in [-0.39, 0.29) is 22.6 Å². The van der Waals surface area contributed by atoms with Crippen LogP contribution in [0.3, 0.4) is 0 Å². The van der Waals surface area contributed by atoms with E-state index < -0.39 is 0 Å². The fourth-order valence-electron chi connectivity index (χ4n) is 4.22. The van der Waals surface area contributed by atoms with Gasteiger partial charge >= 0.3 is 0 Å². The molecule has 5 rings (SSSR count). The molecule has 8 heteroatoms. The fraction of sp³-hybridized carbons (Fsp3) is 0.143. The zero-order valence-electron chi connectivity index (χ0n) is 20.1. The molecule has 1 N–H and O–H groups in total. The van der Waals surface area contributed by atoms with Gasteiger partial charge in [0.15, 0.2) is 11.0 Å². The topological polar surface area (TPSA) is 96.7 Å². The maximum absolute atomic E-state index is 13.6. The third-order valence-electron chi connectivity index (χ3n) is 6.31. The molecule has 0 aliphatic heterocycles. The Morgan fingerprint density at radius 2 is 1.72 bits per heavy atom. The Morgan fingerprint density at radius 3 is 2.47 bits per heavy atom. The van der Waals surface area contributed by atoms with Crippen LogP contribution >= 0.6 is 11.8 Å². The minimum atomic E-state index is -0.184. The van der Waals surface area contributed by atoms with Gasteiger partial charge in [-0.1, -0.05) is 48.2 Å². The molecule has 7 nitrogen and oxygen atoms in total. The number of allylic oxidation sites excluding steroid dienone is 1. The number of hydrogen-bond acceptors (Lipinski definition) is 6. The van der Waals surface area contributed by atoms with Gasteiger partial charge in [0.05, 0.1) is 33.4 Å². The van der Waals surface area contributed by atoms with Crippen LogP contribution < -0.4 is 5.56 Å². The van der Waals surface area contributed by atoms with Crippen molar-refractivity contribution < 1.29 is 5.11 Å². The van der Waals surface area contributed by atoms with E-state index in [2.05, 4.69) is 11.1 Å². The Labute approximate surface area is 212 Å². The first-order valence-corrected chi connectivity index (χ1v) is 12.3. The minimum absolute atomic E-state index is 0.0434. The Bertz CT molecular complexity index is 1780. The molecule has 0 aliphatic carbocycles. The zero-order valence-corrected chi connectivity index (χ0v) is 20.9. The van der Waals surface area contributed by atoms with E-state index in [0.29, 0.717) is 21.9 Å². The van der Waals surface area contributed by atoms with Crippen molar-refractivity contribution in [3.8, 4) is 11.8 Å². The molecule has 0 atom stereocenters. The summed E-state index contributed by atoms with van der Waals surface area (Å²) in [6, 6.07) is 22.7. The predicted octanol–water partition coefficient (Wildman–Crippen LogP) is 5.47. The van der Waals surface area contributed by atoms with Gasteiger partial charge in [0, 0.05) is 7.05 Å². The lowest BCUT2D eigenvalue weighted by atomic mass is 10.1. The Kier molecular flexibility index (Phi) is 6.08. The van der Waals surface area contributed by atoms with Gasteiger partial charge in [-0.2, -0.15) is 5.26 Å². The molecule has 0 amide bonds. The Hall–Kier alpha value is -4.35. The highest BCUT2D eigenvalue weighted by Crippen LogP contribution is 2.28. The number of aryl methyl sites for hydroxylation is 2. The molecule has 178 valence electrons. The third-order valence-corrected chi connectivity index (χ3v) is 7.26. The molecule has 2 heterocycles. The number of fused-ring (bicyclic) bond motifs is 2. The maximum atomic E-state index is 13.6. The number of nitriles is 1. The number of benzene rings is 3. The SMILES string of the molecule is Cc1cccc(-n2c(SC/C(O)=C(\C#N)c3nc4ccccc4n3C)nc3ccccc3c2=O)c1C. The molecule has 36 heavy (non-hydrogen) atoms. The summed E-state index contributed by atoms with van der Waals surface area (Å²) in [4.78, 5) is 22.9. The summed E-state index contributed by atoms with van der Waals surface area (Å²) in [5.74, 6) is 0.299. The molecule has 2 aromatic heterocycles. The molecular formula is C28H23N5O2S. The number of para-hydroxylation sites is 3. The summed E-state index contributed by atoms with van der Waals surface area (Å²) >= 11 is 1.20. The lowest BCUT2D eigenvalue weighted by Gasteiger charge is -2.16. The second-order valence-electron chi connectivity index (χ2n) is 8.48. The molecule has 0 bridgehead atoms. The van der Waals surface area contributed by atoms with Crippen molar-refractivity contribution >= 4 is 39.3 Å². The number of thioether (sulfide) groups is 1. The summed E-state index contributed by atoms with van der Waals surface area (Å²) in [6.07, 6.45) is 0. The largest absolute Gasteiger partial charge is 0.510 e. The highest BCUT2D eigenvalue weighted by Gasteiger charge is 2.19. The van der Waals surface area contributed by atoms with Gasteiger partial charge in [0.2, 0.25) is 0 Å². The lowest BCUT2D eigenvalue weighted by molar-refractivity contribution is 0.420. The smallest absolute Gasteiger partial charge is 0.266 e. The highest BCUT2D eigenvalue weighted by molar-refractivity contribution is 7.99. The summed E-state index contributed by atoms with van der Waals surface area (Å²) in [6.45, 7) is 3.97. The monoisotopic (exact) mass is 493 g/mol. The Balaban J connectivity index is 1.61. The van der Waals surface area contributed by atoms with Gasteiger partial charge in [-0.15, -0.1) is 0 Å². The van der Waals surface area contributed by atoms with Gasteiger partial charge in [-0.05, 0) is 55.3 Å². The number of aliphatic hydroxyl groups excluding tert-OH is 1. The standard InChI is InChI=1S/C28H23N5O2S/c1-17-9-8-14-23(18(17)2)33-27(35)19-10-4-5-11-21(19)31-28(33)36-16-25(34)20(15-29)26-30-22-12-6-7-13-24(22)32(26)3/h4-14,34H,16H2,1-3H3/b25-20-. The van der Waals surface area contributed by atoms with Gasteiger partial charge in [0.25, 0.3) is 5.56 Å². The fourth-order valence-corrected chi connectivity index (χ4v) is 5.10. The van der Waals surface area contributed by atoms with Crippen LogP contribution in [0.25, 0.3) is 33.2 Å². The van der Waals surface area contributed by atoms with E-state index in [1.807, 2.05) is 75.5 Å². The molecule has 0 saturated carbocycles. The van der Waals surface area contributed by atoms with Crippen LogP contribution in [-0.2, 0) is 7.05 Å². The van der Waals surface area contributed by atoms with Crippen LogP contribution in [0.5, 0.6) is 0 Å². The van der Waals surface area contributed by atoms with Gasteiger partial charge < -0.3 is 9.67 Å². The molecule has 0 saturated heterocycles. The lowest BCUT2D eigenvalue weighted by Crippen LogP contribution is -2.23. The second kappa shape index (κ2) is 9.36. The van der Waals surface area contributed by atoms with Gasteiger partial charge in [-0.25, -0.2) is 9.97 Å². The van der Waals surface area contributed by atoms with E-state index in [1.165, 1.54) is 11.8 Å². The van der Waals surface area contributed by atoms with Crippen molar-refractivity contribution in [3.05, 3.63) is 99.8 Å². The van der Waals surface area contributed by atoms with Crippen molar-refractivity contribution in [2.45, 2.75) is 19.0 Å². The Morgan fingerprint density at radius 1 is 1.00 bits per heavy atom. The normalized spacial score (nSPS) is 12.1. The van der Waals surface area contributed by atoms with Crippen molar-refractivity contribution in [1.82, 2.24) is 19.1 Å². The average Bonchev–Trinajstić information content (AvgIpc) is 3.21. The van der Waals surface area contributed by atoms with E-state index in [9.17, 15) is 15.2 Å². The van der Waals surface area contributed by atoms with Crippen molar-refractivity contribution in [1.29, 1.82) is 5.26 Å². The molecule has 0 unspecified atom stereocenters. The quantitative estimate of drug-likeness (QED) is 0.151. The summed E-state index contributed by atoms with van der Waals surface area (Å²) in [7, 11) is 1.81. The molecular weight excluding hydrogens is 470 g/mol. The van der Waals surface area contributed by atoms with E-state index in [1.54, 1.807) is 21.3 Å². The van der Waals surface area contributed by atoms with Crippen LogP contribution in [0.15, 0.2) is 82.4 Å². The molecule has 3 aromatic carbocycles. The van der Waals surface area contributed by atoms with Crippen molar-refractivity contribution in [2.24, 2.45) is 7.05 Å². The van der Waals surface area contributed by atoms with Crippen molar-refractivity contribution in [3.63, 3.8) is 0 Å². The molecule has 0 spiro atoms. The molecule has 0 radical (unpaired) electrons. The van der Waals surface area contributed by atoms with Crippen molar-refractivity contribution in [2.75, 3.05) is 5.75 Å². The molecule has 5 aromatic rings. The summed E-state index contributed by atoms with van der Waals surface area (Å²) < 4.78 is 3.37. The maximum Gasteiger partial charge on any atom is 0.266 e. The van der Waals surface area contributed by atoms with E-state index in [4.69, 9.17) is 4.98 Å². The number of aliphatic hydroxyl groups is 1. The van der Waals surface area contributed by atoms with Crippen LogP contribution in [0.2, 0.25) is 0 Å². The minimum Gasteiger partial charge on any atom is -0.510 e. The first kappa shape index (κ1) is 23.4. The number of nitrogens with zero attached hydrogens (tertiary/aromatic N) is 5. The average molecular weight is 494 g/mol. The number of imidazole rings is 1. The number of aromatic nitrogens is 4. The first-order valence-electron chi connectivity index (χ1n) is 11.4.